The van der Waals surface area contributed by atoms with Gasteiger partial charge in [0.2, 0.25) is 11.8 Å². The van der Waals surface area contributed by atoms with E-state index in [1.54, 1.807) is 6.20 Å². The number of alkyl halides is 3. The Bertz CT molecular complexity index is 1230. The molecule has 3 aliphatic rings. The zero-order chi connectivity index (χ0) is 24.8. The van der Waals surface area contributed by atoms with Gasteiger partial charge in [-0.25, -0.2) is 4.98 Å². The number of rotatable bonds is 6. The Labute approximate surface area is 199 Å². The highest BCUT2D eigenvalue weighted by atomic mass is 19.4. The zero-order valence-corrected chi connectivity index (χ0v) is 19.0. The molecule has 2 N–H and O–H groups in total. The summed E-state index contributed by atoms with van der Waals surface area (Å²) in [6.45, 7) is 1.35. The molecule has 1 aliphatic carbocycles. The lowest BCUT2D eigenvalue weighted by Gasteiger charge is -2.55. The summed E-state index contributed by atoms with van der Waals surface area (Å²) in [6.07, 6.45) is 0.419. The Morgan fingerprint density at radius 3 is 2.71 bits per heavy atom. The molecule has 184 valence electrons. The van der Waals surface area contributed by atoms with Crippen LogP contribution in [0.25, 0.3) is 16.6 Å². The second-order valence-corrected chi connectivity index (χ2v) is 9.58. The number of likely N-dealkylation sites (tertiary alicyclic amines) is 1. The average molecular weight is 486 g/mol. The molecule has 1 saturated heterocycles. The Kier molecular flexibility index (Phi) is 5.79. The molecule has 35 heavy (non-hydrogen) atoms. The van der Waals surface area contributed by atoms with E-state index in [1.165, 1.54) is 4.90 Å². The molecule has 1 saturated carbocycles. The molecular formula is C24H25F3N6O2. The van der Waals surface area contributed by atoms with E-state index in [2.05, 4.69) is 32.3 Å². The molecule has 0 aromatic carbocycles. The van der Waals surface area contributed by atoms with Gasteiger partial charge < -0.3 is 15.2 Å². The lowest BCUT2D eigenvalue weighted by Crippen LogP contribution is -2.71. The predicted molar refractivity (Wildman–Crippen MR) is 122 cm³/mol. The van der Waals surface area contributed by atoms with E-state index >= 15 is 0 Å². The normalized spacial score (nSPS) is 20.2. The summed E-state index contributed by atoms with van der Waals surface area (Å²) < 4.78 is 37.8. The van der Waals surface area contributed by atoms with E-state index in [0.29, 0.717) is 31.0 Å². The van der Waals surface area contributed by atoms with Crippen LogP contribution < -0.4 is 5.32 Å². The Hall–Kier alpha value is -3.39. The number of carbonyl (C=O) groups excluding carboxylic acids is 2. The van der Waals surface area contributed by atoms with Gasteiger partial charge in [-0.1, -0.05) is 6.08 Å². The van der Waals surface area contributed by atoms with Crippen molar-refractivity contribution in [1.29, 1.82) is 5.26 Å². The van der Waals surface area contributed by atoms with Gasteiger partial charge in [-0.15, -0.1) is 0 Å². The number of amides is 2. The SMILES string of the molecule is N#CCC1(N2CC=C(c3cc(NC(=O)C4CC4)nc4[nH]ccc34)CC2)CN(C(=O)CC(F)(F)F)C1. The van der Waals surface area contributed by atoms with E-state index in [4.69, 9.17) is 0 Å². The molecule has 0 spiro atoms. The largest absolute Gasteiger partial charge is 0.397 e. The summed E-state index contributed by atoms with van der Waals surface area (Å²) in [4.78, 5) is 35.1. The first kappa shape index (κ1) is 23.4. The topological polar surface area (TPSA) is 105 Å². The number of nitrogens with one attached hydrogen (secondary N) is 2. The maximum absolute atomic E-state index is 12.6. The number of hydrogen-bond acceptors (Lipinski definition) is 5. The van der Waals surface area contributed by atoms with Gasteiger partial charge in [-0.2, -0.15) is 18.4 Å². The summed E-state index contributed by atoms with van der Waals surface area (Å²) in [6, 6.07) is 5.96. The molecule has 2 aliphatic heterocycles. The van der Waals surface area contributed by atoms with E-state index in [9.17, 15) is 28.0 Å². The van der Waals surface area contributed by atoms with Gasteiger partial charge in [0, 0.05) is 43.7 Å². The fourth-order valence-electron chi connectivity index (χ4n) is 4.98. The number of anilines is 1. The molecule has 5 rings (SSSR count). The Morgan fingerprint density at radius 2 is 2.09 bits per heavy atom. The predicted octanol–water partition coefficient (Wildman–Crippen LogP) is 3.45. The first-order chi connectivity index (χ1) is 16.7. The van der Waals surface area contributed by atoms with Crippen molar-refractivity contribution in [2.45, 2.75) is 43.8 Å². The summed E-state index contributed by atoms with van der Waals surface area (Å²) >= 11 is 0. The van der Waals surface area contributed by atoms with Crippen LogP contribution in [0.15, 0.2) is 24.4 Å². The maximum atomic E-state index is 12.6. The lowest BCUT2D eigenvalue weighted by molar-refractivity contribution is -0.171. The number of nitrogens with zero attached hydrogens (tertiary/aromatic N) is 4. The molecule has 2 aromatic heterocycles. The third-order valence-electron chi connectivity index (χ3n) is 7.04. The number of H-pyrrole nitrogens is 1. The standard InChI is InChI=1S/C24H25F3N6O2/c25-24(26,27)12-20(34)32-13-23(14-32,6-7-28)33-9-4-15(5-10-33)18-11-19(31-22(35)16-1-2-16)30-21-17(18)3-8-29-21/h3-4,8,11,16H,1-2,5-6,9-10,12-14H2,(H2,29,30,31,35). The minimum atomic E-state index is -4.54. The summed E-state index contributed by atoms with van der Waals surface area (Å²) in [5, 5.41) is 13.2. The van der Waals surface area contributed by atoms with Crippen LogP contribution in [-0.4, -0.2) is 69.5 Å². The van der Waals surface area contributed by atoms with Gasteiger partial charge in [-0.3, -0.25) is 14.5 Å². The molecule has 0 bridgehead atoms. The van der Waals surface area contributed by atoms with Gasteiger partial charge in [0.1, 0.15) is 17.9 Å². The van der Waals surface area contributed by atoms with Crippen LogP contribution in [-0.2, 0) is 9.59 Å². The second-order valence-electron chi connectivity index (χ2n) is 9.58. The molecule has 2 aromatic rings. The molecule has 11 heteroatoms. The van der Waals surface area contributed by atoms with Crippen molar-refractivity contribution in [2.24, 2.45) is 5.92 Å². The first-order valence-electron chi connectivity index (χ1n) is 11.6. The van der Waals surface area contributed by atoms with Crippen molar-refractivity contribution in [3.05, 3.63) is 30.0 Å². The summed E-state index contributed by atoms with van der Waals surface area (Å²) in [7, 11) is 0. The molecular weight excluding hydrogens is 461 g/mol. The van der Waals surface area contributed by atoms with Crippen molar-refractivity contribution >= 4 is 34.2 Å². The van der Waals surface area contributed by atoms with Crippen LogP contribution in [0, 0.1) is 17.2 Å². The molecule has 8 nitrogen and oxygen atoms in total. The van der Waals surface area contributed by atoms with Gasteiger partial charge in [0.05, 0.1) is 18.0 Å². The van der Waals surface area contributed by atoms with Crippen LogP contribution >= 0.6 is 0 Å². The summed E-state index contributed by atoms with van der Waals surface area (Å²) in [5.74, 6) is -0.421. The molecule has 2 amide bonds. The third kappa shape index (κ3) is 4.75. The minimum absolute atomic E-state index is 0.0220. The van der Waals surface area contributed by atoms with Gasteiger partial charge in [0.15, 0.2) is 0 Å². The van der Waals surface area contributed by atoms with Gasteiger partial charge in [-0.05, 0) is 42.5 Å². The highest BCUT2D eigenvalue weighted by Gasteiger charge is 2.50. The minimum Gasteiger partial charge on any atom is -0.346 e. The number of pyridine rings is 1. The smallest absolute Gasteiger partial charge is 0.346 e. The van der Waals surface area contributed by atoms with E-state index in [-0.39, 0.29) is 31.3 Å². The molecule has 0 unspecified atom stereocenters. The van der Waals surface area contributed by atoms with Crippen LogP contribution in [0.5, 0.6) is 0 Å². The number of aromatic nitrogens is 2. The fraction of sp³-hybridized carbons (Fsp3) is 0.500. The maximum Gasteiger partial charge on any atom is 0.397 e. The Balaban J connectivity index is 1.32. The zero-order valence-electron chi connectivity index (χ0n) is 19.0. The van der Waals surface area contributed by atoms with Crippen LogP contribution in [0.1, 0.15) is 37.7 Å². The number of hydrogen-bond donors (Lipinski definition) is 2. The van der Waals surface area contributed by atoms with Gasteiger partial charge in [0.25, 0.3) is 0 Å². The van der Waals surface area contributed by atoms with E-state index in [1.807, 2.05) is 12.1 Å². The molecule has 0 atom stereocenters. The van der Waals surface area contributed by atoms with Gasteiger partial charge >= 0.3 is 6.18 Å². The van der Waals surface area contributed by atoms with E-state index in [0.717, 1.165) is 29.4 Å². The molecule has 4 heterocycles. The van der Waals surface area contributed by atoms with Crippen LogP contribution in [0.4, 0.5) is 19.0 Å². The first-order valence-corrected chi connectivity index (χ1v) is 11.6. The number of carbonyl (C=O) groups is 2. The van der Waals surface area contributed by atoms with Crippen molar-refractivity contribution in [1.82, 2.24) is 19.8 Å². The third-order valence-corrected chi connectivity index (χ3v) is 7.04. The van der Waals surface area contributed by atoms with E-state index < -0.39 is 24.0 Å². The number of fused-ring (bicyclic) bond motifs is 1. The number of aromatic amines is 1. The number of halogens is 3. The van der Waals surface area contributed by atoms with Crippen LogP contribution in [0.3, 0.4) is 0 Å². The second kappa shape index (κ2) is 8.68. The van der Waals surface area contributed by atoms with Crippen molar-refractivity contribution in [3.8, 4) is 6.07 Å². The molecule has 0 radical (unpaired) electrons. The monoisotopic (exact) mass is 486 g/mol. The van der Waals surface area contributed by atoms with Crippen molar-refractivity contribution < 1.29 is 22.8 Å². The lowest BCUT2D eigenvalue weighted by atomic mass is 9.82. The highest BCUT2D eigenvalue weighted by Crippen LogP contribution is 2.38. The van der Waals surface area contributed by atoms with Crippen molar-refractivity contribution in [3.63, 3.8) is 0 Å². The highest BCUT2D eigenvalue weighted by molar-refractivity contribution is 5.97. The van der Waals surface area contributed by atoms with Crippen molar-refractivity contribution in [2.75, 3.05) is 31.5 Å². The number of nitriles is 1. The van der Waals surface area contributed by atoms with Crippen LogP contribution in [0.2, 0.25) is 0 Å². The fourth-order valence-corrected chi connectivity index (χ4v) is 4.98. The molecule has 2 fully saturated rings. The quantitative estimate of drug-likeness (QED) is 0.651. The average Bonchev–Trinajstić information content (AvgIpc) is 3.52. The Morgan fingerprint density at radius 1 is 1.31 bits per heavy atom. The summed E-state index contributed by atoms with van der Waals surface area (Å²) in [5.41, 5.74) is 2.08.